The summed E-state index contributed by atoms with van der Waals surface area (Å²) < 4.78 is 27.0. The van der Waals surface area contributed by atoms with Crippen LogP contribution in [0, 0.1) is 6.92 Å². The Morgan fingerprint density at radius 3 is 2.50 bits per heavy atom. The highest BCUT2D eigenvalue weighted by atomic mass is 32.2. The lowest BCUT2D eigenvalue weighted by Gasteiger charge is -2.22. The lowest BCUT2D eigenvalue weighted by molar-refractivity contribution is 0.570. The summed E-state index contributed by atoms with van der Waals surface area (Å²) in [5.74, 6) is 0. The molecular weight excluding hydrogens is 312 g/mol. The van der Waals surface area contributed by atoms with Gasteiger partial charge in [-0.05, 0) is 44.7 Å². The number of aryl methyl sites for hydroxylation is 1. The average Bonchev–Trinajstić information content (AvgIpc) is 2.36. The highest BCUT2D eigenvalue weighted by Crippen LogP contribution is 2.21. The van der Waals surface area contributed by atoms with Crippen molar-refractivity contribution in [2.45, 2.75) is 30.4 Å². The fraction of sp³-hybridized carbons (Fsp3) is 0.462. The van der Waals surface area contributed by atoms with E-state index in [0.717, 1.165) is 5.56 Å². The molecule has 0 unspecified atom stereocenters. The van der Waals surface area contributed by atoms with E-state index < -0.39 is 10.0 Å². The molecule has 0 aromatic heterocycles. The summed E-state index contributed by atoms with van der Waals surface area (Å²) in [4.78, 5) is 0.495. The van der Waals surface area contributed by atoms with Crippen molar-refractivity contribution in [3.8, 4) is 0 Å². The normalized spacial score (nSPS) is 12.4. The number of sulfonamides is 1. The maximum Gasteiger partial charge on any atom is 0.240 e. The second-order valence-corrected chi connectivity index (χ2v) is 8.85. The third-order valence-electron chi connectivity index (χ3n) is 3.01. The molecule has 1 aromatic carbocycles. The molecule has 0 aliphatic heterocycles. The van der Waals surface area contributed by atoms with Gasteiger partial charge in [-0.15, -0.1) is 0 Å². The smallest absolute Gasteiger partial charge is 0.240 e. The lowest BCUT2D eigenvalue weighted by Crippen LogP contribution is -2.36. The lowest BCUT2D eigenvalue weighted by atomic mass is 10.1. The first-order valence-corrected chi connectivity index (χ1v) is 9.16. The summed E-state index contributed by atoms with van der Waals surface area (Å²) in [6.45, 7) is 6.13. The molecule has 0 saturated carbocycles. The van der Waals surface area contributed by atoms with Gasteiger partial charge in [0.15, 0.2) is 0 Å². The third-order valence-corrected chi connectivity index (χ3v) is 5.88. The monoisotopic (exact) mass is 332 g/mol. The molecule has 4 nitrogen and oxygen atoms in total. The minimum absolute atomic E-state index is 0.152. The van der Waals surface area contributed by atoms with Crippen molar-refractivity contribution >= 4 is 39.0 Å². The standard InChI is InChI=1S/C13H20N2O2S3/c1-9-7-10(5-6-11(9)12(14)18)20(16,17)15-8-13(2,3)19-4/h5-7,15H,8H2,1-4H3,(H2,14,18). The summed E-state index contributed by atoms with van der Waals surface area (Å²) >= 11 is 6.52. The summed E-state index contributed by atoms with van der Waals surface area (Å²) in [5.41, 5.74) is 7.02. The summed E-state index contributed by atoms with van der Waals surface area (Å²) in [7, 11) is -3.52. The fourth-order valence-corrected chi connectivity index (χ4v) is 3.34. The number of thiocarbonyl (C=S) groups is 1. The van der Waals surface area contributed by atoms with Crippen molar-refractivity contribution in [2.24, 2.45) is 5.73 Å². The van der Waals surface area contributed by atoms with Crippen LogP contribution in [-0.4, -0.2) is 31.0 Å². The number of thioether (sulfide) groups is 1. The van der Waals surface area contributed by atoms with Gasteiger partial charge in [0.25, 0.3) is 0 Å². The van der Waals surface area contributed by atoms with E-state index >= 15 is 0 Å². The van der Waals surface area contributed by atoms with Gasteiger partial charge in [-0.1, -0.05) is 18.3 Å². The van der Waals surface area contributed by atoms with Crippen molar-refractivity contribution in [1.29, 1.82) is 0 Å². The predicted molar refractivity (Wildman–Crippen MR) is 89.8 cm³/mol. The van der Waals surface area contributed by atoms with Crippen LogP contribution in [0.2, 0.25) is 0 Å². The zero-order valence-corrected chi connectivity index (χ0v) is 14.5. The molecule has 1 aromatic rings. The van der Waals surface area contributed by atoms with Crippen molar-refractivity contribution in [3.05, 3.63) is 29.3 Å². The van der Waals surface area contributed by atoms with Crippen LogP contribution < -0.4 is 10.5 Å². The van der Waals surface area contributed by atoms with Gasteiger partial charge in [-0.25, -0.2) is 13.1 Å². The zero-order valence-electron chi connectivity index (χ0n) is 12.1. The molecule has 0 saturated heterocycles. The van der Waals surface area contributed by atoms with E-state index in [1.54, 1.807) is 30.8 Å². The maximum atomic E-state index is 12.2. The van der Waals surface area contributed by atoms with Gasteiger partial charge in [-0.2, -0.15) is 11.8 Å². The van der Waals surface area contributed by atoms with Gasteiger partial charge >= 0.3 is 0 Å². The Balaban J connectivity index is 2.99. The Morgan fingerprint density at radius 2 is 2.05 bits per heavy atom. The number of nitrogens with two attached hydrogens (primary N) is 1. The second-order valence-electron chi connectivity index (χ2n) is 5.13. The summed E-state index contributed by atoms with van der Waals surface area (Å²) in [5, 5.41) is 0. The Kier molecular flexibility index (Phi) is 5.60. The SMILES string of the molecule is CSC(C)(C)CNS(=O)(=O)c1ccc(C(N)=S)c(C)c1. The van der Waals surface area contributed by atoms with Crippen molar-refractivity contribution in [2.75, 3.05) is 12.8 Å². The van der Waals surface area contributed by atoms with Crippen LogP contribution in [0.3, 0.4) is 0 Å². The van der Waals surface area contributed by atoms with E-state index in [0.29, 0.717) is 12.1 Å². The molecule has 0 bridgehead atoms. The van der Waals surface area contributed by atoms with Gasteiger partial charge in [-0.3, -0.25) is 0 Å². The van der Waals surface area contributed by atoms with E-state index in [-0.39, 0.29) is 14.6 Å². The Bertz CT molecular complexity index is 610. The molecule has 3 N–H and O–H groups in total. The van der Waals surface area contributed by atoms with Crippen LogP contribution in [0.25, 0.3) is 0 Å². The highest BCUT2D eigenvalue weighted by molar-refractivity contribution is 8.00. The minimum Gasteiger partial charge on any atom is -0.389 e. The van der Waals surface area contributed by atoms with E-state index in [1.165, 1.54) is 6.07 Å². The Hall–Kier alpha value is -0.630. The zero-order chi connectivity index (χ0) is 15.6. The molecule has 0 radical (unpaired) electrons. The quantitative estimate of drug-likeness (QED) is 0.780. The minimum atomic E-state index is -3.52. The molecular formula is C13H20N2O2S3. The first-order valence-electron chi connectivity index (χ1n) is 6.04. The van der Waals surface area contributed by atoms with Crippen molar-refractivity contribution < 1.29 is 8.42 Å². The van der Waals surface area contributed by atoms with E-state index in [9.17, 15) is 8.42 Å². The molecule has 0 aliphatic rings. The van der Waals surface area contributed by atoms with Crippen LogP contribution in [0.1, 0.15) is 25.0 Å². The van der Waals surface area contributed by atoms with Crippen LogP contribution in [0.15, 0.2) is 23.1 Å². The Morgan fingerprint density at radius 1 is 1.45 bits per heavy atom. The predicted octanol–water partition coefficient (Wildman–Crippen LogP) is 2.05. The first kappa shape index (κ1) is 17.4. The van der Waals surface area contributed by atoms with Crippen molar-refractivity contribution in [3.63, 3.8) is 0 Å². The van der Waals surface area contributed by atoms with Gasteiger partial charge in [0, 0.05) is 16.9 Å². The van der Waals surface area contributed by atoms with Crippen LogP contribution in [0.5, 0.6) is 0 Å². The first-order chi connectivity index (χ1) is 9.09. The van der Waals surface area contributed by atoms with E-state index in [4.69, 9.17) is 18.0 Å². The average molecular weight is 333 g/mol. The number of hydrogen-bond acceptors (Lipinski definition) is 4. The van der Waals surface area contributed by atoms with Crippen molar-refractivity contribution in [1.82, 2.24) is 4.72 Å². The van der Waals surface area contributed by atoms with Crippen LogP contribution >= 0.6 is 24.0 Å². The summed E-state index contributed by atoms with van der Waals surface area (Å²) in [6.07, 6.45) is 1.95. The largest absolute Gasteiger partial charge is 0.389 e. The molecule has 0 atom stereocenters. The van der Waals surface area contributed by atoms with Gasteiger partial charge in [0.1, 0.15) is 4.99 Å². The van der Waals surface area contributed by atoms with Gasteiger partial charge < -0.3 is 5.73 Å². The molecule has 0 aliphatic carbocycles. The van der Waals surface area contributed by atoms with Gasteiger partial charge in [0.2, 0.25) is 10.0 Å². The number of hydrogen-bond donors (Lipinski definition) is 2. The van der Waals surface area contributed by atoms with Crippen LogP contribution in [-0.2, 0) is 10.0 Å². The molecule has 112 valence electrons. The molecule has 1 rings (SSSR count). The van der Waals surface area contributed by atoms with Crippen LogP contribution in [0.4, 0.5) is 0 Å². The number of nitrogens with one attached hydrogen (secondary N) is 1. The van der Waals surface area contributed by atoms with E-state index in [2.05, 4.69) is 4.72 Å². The molecule has 0 fully saturated rings. The molecule has 0 amide bonds. The summed E-state index contributed by atoms with van der Waals surface area (Å²) in [6, 6.07) is 4.75. The third kappa shape index (κ3) is 4.44. The second kappa shape index (κ2) is 6.43. The van der Waals surface area contributed by atoms with Gasteiger partial charge in [0.05, 0.1) is 4.90 Å². The highest BCUT2D eigenvalue weighted by Gasteiger charge is 2.21. The Labute approximate surface area is 130 Å². The molecule has 7 heteroatoms. The molecule has 0 heterocycles. The van der Waals surface area contributed by atoms with E-state index in [1.807, 2.05) is 20.1 Å². The maximum absolute atomic E-state index is 12.2. The topological polar surface area (TPSA) is 72.2 Å². The molecule has 20 heavy (non-hydrogen) atoms. The molecule has 0 spiro atoms. The number of benzene rings is 1. The number of rotatable bonds is 6. The fourth-order valence-electron chi connectivity index (χ4n) is 1.50.